The van der Waals surface area contributed by atoms with E-state index in [-0.39, 0.29) is 6.61 Å². The topological polar surface area (TPSA) is 72.9 Å². The molecule has 1 atom stereocenters. The molecule has 2 aromatic rings. The monoisotopic (exact) mass is 474 g/mol. The Kier molecular flexibility index (Phi) is 10.8. The van der Waals surface area contributed by atoms with Crippen LogP contribution in [-0.2, 0) is 11.3 Å². The maximum absolute atomic E-state index is 10.4. The quantitative estimate of drug-likeness (QED) is 0.448. The molecule has 8 heteroatoms. The molecule has 34 heavy (non-hydrogen) atoms. The summed E-state index contributed by atoms with van der Waals surface area (Å²) in [6.45, 7) is 8.87. The minimum atomic E-state index is -0.610. The summed E-state index contributed by atoms with van der Waals surface area (Å²) in [6, 6.07) is 13.4. The third-order valence-electron chi connectivity index (χ3n) is 5.55. The second-order valence-electron chi connectivity index (χ2n) is 8.35. The molecule has 0 amide bonds. The number of methoxy groups -OCH3 is 1. The molecule has 188 valence electrons. The summed E-state index contributed by atoms with van der Waals surface area (Å²) in [7, 11) is 3.60. The lowest BCUT2D eigenvalue weighted by molar-refractivity contribution is 0.0320. The average Bonchev–Trinajstić information content (AvgIpc) is 2.85. The highest BCUT2D eigenvalue weighted by molar-refractivity contribution is 5.43. The number of hydrogen-bond acceptors (Lipinski definition) is 8. The first-order valence-electron chi connectivity index (χ1n) is 11.9. The predicted molar refractivity (Wildman–Crippen MR) is 131 cm³/mol. The first kappa shape index (κ1) is 26.1. The number of likely N-dealkylation sites (N-methyl/N-ethyl adjacent to an activating group) is 1. The predicted octanol–water partition coefficient (Wildman–Crippen LogP) is 2.68. The fourth-order valence-corrected chi connectivity index (χ4v) is 3.80. The molecule has 1 N–H and O–H groups in total. The van der Waals surface area contributed by atoms with Gasteiger partial charge in [0.1, 0.15) is 30.8 Å². The number of ether oxygens (including phenoxy) is 5. The van der Waals surface area contributed by atoms with Gasteiger partial charge in [-0.1, -0.05) is 6.07 Å². The Morgan fingerprint density at radius 1 is 1.00 bits per heavy atom. The average molecular weight is 475 g/mol. The summed E-state index contributed by atoms with van der Waals surface area (Å²) in [4.78, 5) is 4.41. The summed E-state index contributed by atoms with van der Waals surface area (Å²) in [5.74, 6) is 2.98. The zero-order chi connectivity index (χ0) is 24.2. The summed E-state index contributed by atoms with van der Waals surface area (Å²) >= 11 is 0. The maximum atomic E-state index is 10.4. The lowest BCUT2D eigenvalue weighted by Gasteiger charge is -2.26. The van der Waals surface area contributed by atoms with E-state index in [0.29, 0.717) is 32.1 Å². The minimum Gasteiger partial charge on any atom is -0.497 e. The standard InChI is InChI=1S/C26H38N2O6/c1-4-32-26-17-21(5-10-25(26)33-16-13-28-11-14-31-15-12-28)18-27(2)19-22(29)20-34-24-8-6-23(30-3)7-9-24/h5-10,17,22,29H,4,11-16,18-20H2,1-3H3. The molecule has 0 spiro atoms. The van der Waals surface area contributed by atoms with Crippen LogP contribution >= 0.6 is 0 Å². The Hall–Kier alpha value is -2.52. The first-order chi connectivity index (χ1) is 16.6. The highest BCUT2D eigenvalue weighted by Crippen LogP contribution is 2.29. The van der Waals surface area contributed by atoms with E-state index in [2.05, 4.69) is 9.80 Å². The van der Waals surface area contributed by atoms with E-state index < -0.39 is 6.10 Å². The van der Waals surface area contributed by atoms with E-state index >= 15 is 0 Å². The molecule has 1 aliphatic rings. The molecule has 3 rings (SSSR count). The molecule has 0 bridgehead atoms. The van der Waals surface area contributed by atoms with Crippen LogP contribution in [0.1, 0.15) is 12.5 Å². The van der Waals surface area contributed by atoms with Crippen LogP contribution < -0.4 is 18.9 Å². The van der Waals surface area contributed by atoms with Gasteiger partial charge in [0.2, 0.25) is 0 Å². The van der Waals surface area contributed by atoms with Gasteiger partial charge in [-0.05, 0) is 55.9 Å². The zero-order valence-electron chi connectivity index (χ0n) is 20.6. The SMILES string of the molecule is CCOc1cc(CN(C)CC(O)COc2ccc(OC)cc2)ccc1OCCN1CCOCC1. The number of benzene rings is 2. The molecule has 1 saturated heterocycles. The largest absolute Gasteiger partial charge is 0.497 e. The molecule has 1 aliphatic heterocycles. The molecule has 8 nitrogen and oxygen atoms in total. The summed E-state index contributed by atoms with van der Waals surface area (Å²) < 4.78 is 28.1. The number of aliphatic hydroxyl groups excluding tert-OH is 1. The molecule has 0 aliphatic carbocycles. The van der Waals surface area contributed by atoms with Crippen molar-refractivity contribution in [3.63, 3.8) is 0 Å². The highest BCUT2D eigenvalue weighted by atomic mass is 16.5. The third-order valence-corrected chi connectivity index (χ3v) is 5.55. The molecular formula is C26H38N2O6. The van der Waals surface area contributed by atoms with Crippen molar-refractivity contribution in [3.05, 3.63) is 48.0 Å². The van der Waals surface area contributed by atoms with Crippen LogP contribution in [0, 0.1) is 0 Å². The van der Waals surface area contributed by atoms with Gasteiger partial charge in [0.15, 0.2) is 11.5 Å². The van der Waals surface area contributed by atoms with Gasteiger partial charge in [0.25, 0.3) is 0 Å². The number of nitrogens with zero attached hydrogens (tertiary/aromatic N) is 2. The van der Waals surface area contributed by atoms with Crippen molar-refractivity contribution in [1.29, 1.82) is 0 Å². The highest BCUT2D eigenvalue weighted by Gasteiger charge is 2.14. The van der Waals surface area contributed by atoms with Crippen molar-refractivity contribution in [1.82, 2.24) is 9.80 Å². The van der Waals surface area contributed by atoms with Gasteiger partial charge in [-0.25, -0.2) is 0 Å². The van der Waals surface area contributed by atoms with Crippen LogP contribution in [0.15, 0.2) is 42.5 Å². The van der Waals surface area contributed by atoms with Crippen molar-refractivity contribution in [2.24, 2.45) is 0 Å². The molecule has 1 heterocycles. The summed E-state index contributed by atoms with van der Waals surface area (Å²) in [5, 5.41) is 10.4. The molecule has 2 aromatic carbocycles. The lowest BCUT2D eigenvalue weighted by Crippen LogP contribution is -2.38. The number of morpholine rings is 1. The lowest BCUT2D eigenvalue weighted by atomic mass is 10.2. The first-order valence-corrected chi connectivity index (χ1v) is 11.9. The third kappa shape index (κ3) is 8.68. The van der Waals surface area contributed by atoms with Crippen molar-refractivity contribution >= 4 is 0 Å². The Bertz CT molecular complexity index is 842. The molecular weight excluding hydrogens is 436 g/mol. The van der Waals surface area contributed by atoms with Crippen molar-refractivity contribution < 1.29 is 28.8 Å². The van der Waals surface area contributed by atoms with Crippen molar-refractivity contribution in [3.8, 4) is 23.0 Å². The van der Waals surface area contributed by atoms with Crippen LogP contribution in [0.4, 0.5) is 0 Å². The van der Waals surface area contributed by atoms with E-state index in [9.17, 15) is 5.11 Å². The Morgan fingerprint density at radius 3 is 2.44 bits per heavy atom. The Morgan fingerprint density at radius 2 is 1.74 bits per heavy atom. The number of hydrogen-bond donors (Lipinski definition) is 1. The van der Waals surface area contributed by atoms with Gasteiger partial charge in [0.05, 0.1) is 26.9 Å². The van der Waals surface area contributed by atoms with Crippen LogP contribution in [0.25, 0.3) is 0 Å². The number of rotatable bonds is 14. The molecule has 0 radical (unpaired) electrons. The van der Waals surface area contributed by atoms with E-state index in [4.69, 9.17) is 23.7 Å². The van der Waals surface area contributed by atoms with Crippen LogP contribution in [0.3, 0.4) is 0 Å². The molecule has 1 unspecified atom stereocenters. The van der Waals surface area contributed by atoms with Gasteiger partial charge in [0, 0.05) is 32.7 Å². The summed E-state index contributed by atoms with van der Waals surface area (Å²) in [5.41, 5.74) is 1.09. The van der Waals surface area contributed by atoms with Gasteiger partial charge < -0.3 is 28.8 Å². The summed E-state index contributed by atoms with van der Waals surface area (Å²) in [6.07, 6.45) is -0.610. The molecule has 0 aromatic heterocycles. The minimum absolute atomic E-state index is 0.219. The van der Waals surface area contributed by atoms with Crippen molar-refractivity contribution in [2.45, 2.75) is 19.6 Å². The second-order valence-corrected chi connectivity index (χ2v) is 8.35. The van der Waals surface area contributed by atoms with Crippen molar-refractivity contribution in [2.75, 3.05) is 73.4 Å². The van der Waals surface area contributed by atoms with Gasteiger partial charge in [-0.3, -0.25) is 9.80 Å². The van der Waals surface area contributed by atoms with Gasteiger partial charge in [-0.15, -0.1) is 0 Å². The van der Waals surface area contributed by atoms with E-state index in [1.165, 1.54) is 0 Å². The zero-order valence-corrected chi connectivity index (χ0v) is 20.6. The van der Waals surface area contributed by atoms with Crippen LogP contribution in [0.5, 0.6) is 23.0 Å². The number of aliphatic hydroxyl groups is 1. The van der Waals surface area contributed by atoms with E-state index in [0.717, 1.165) is 55.7 Å². The van der Waals surface area contributed by atoms with Gasteiger partial charge in [-0.2, -0.15) is 0 Å². The van der Waals surface area contributed by atoms with E-state index in [1.807, 2.05) is 56.4 Å². The Labute approximate surface area is 202 Å². The smallest absolute Gasteiger partial charge is 0.161 e. The van der Waals surface area contributed by atoms with Crippen LogP contribution in [-0.4, -0.2) is 94.4 Å². The molecule has 0 saturated carbocycles. The normalized spacial score (nSPS) is 15.2. The second kappa shape index (κ2) is 14.0. The van der Waals surface area contributed by atoms with Crippen LogP contribution in [0.2, 0.25) is 0 Å². The fraction of sp³-hybridized carbons (Fsp3) is 0.538. The fourth-order valence-electron chi connectivity index (χ4n) is 3.80. The van der Waals surface area contributed by atoms with Gasteiger partial charge >= 0.3 is 0 Å². The Balaban J connectivity index is 1.45. The molecule has 1 fully saturated rings. The maximum Gasteiger partial charge on any atom is 0.161 e. The van der Waals surface area contributed by atoms with E-state index in [1.54, 1.807) is 7.11 Å².